The van der Waals surface area contributed by atoms with Crippen LogP contribution in [0.1, 0.15) is 22.2 Å². The number of ether oxygens (including phenoxy) is 2. The summed E-state index contributed by atoms with van der Waals surface area (Å²) in [6.45, 7) is -2.20. The van der Waals surface area contributed by atoms with Crippen LogP contribution in [0.25, 0.3) is 21.8 Å². The molecule has 1 fully saturated rings. The van der Waals surface area contributed by atoms with E-state index in [2.05, 4.69) is 30.0 Å². The molecule has 1 aliphatic rings. The van der Waals surface area contributed by atoms with E-state index in [4.69, 9.17) is 10.5 Å². The zero-order valence-corrected chi connectivity index (χ0v) is 17.4. The third kappa shape index (κ3) is 3.75. The number of alkyl halides is 2. The number of amides is 1. The van der Waals surface area contributed by atoms with Crippen LogP contribution in [-0.2, 0) is 11.8 Å². The SMILES string of the molecule is Cn1ncc2c(N)nc3cnc(C(=O)N4CCOC[C@@H]4c4ccc(OC(F)F)nn4)cc3c21. The molecule has 13 heteroatoms. The average molecular weight is 456 g/mol. The molecule has 1 atom stereocenters. The van der Waals surface area contributed by atoms with Crippen molar-refractivity contribution in [2.75, 3.05) is 25.5 Å². The molecule has 1 amide bonds. The molecule has 4 aromatic rings. The summed E-state index contributed by atoms with van der Waals surface area (Å²) in [5.74, 6) is -0.323. The van der Waals surface area contributed by atoms with E-state index in [9.17, 15) is 13.6 Å². The molecule has 4 aromatic heterocycles. The first kappa shape index (κ1) is 20.9. The number of hydrogen-bond donors (Lipinski definition) is 1. The van der Waals surface area contributed by atoms with Gasteiger partial charge in [0.1, 0.15) is 11.5 Å². The molecule has 0 unspecified atom stereocenters. The number of rotatable bonds is 4. The van der Waals surface area contributed by atoms with Crippen molar-refractivity contribution >= 4 is 33.5 Å². The second kappa shape index (κ2) is 8.16. The lowest BCUT2D eigenvalue weighted by molar-refractivity contribution is -0.0536. The summed E-state index contributed by atoms with van der Waals surface area (Å²) in [6.07, 6.45) is 3.12. The molecule has 1 aliphatic heterocycles. The first-order valence-corrected chi connectivity index (χ1v) is 9.96. The predicted molar refractivity (Wildman–Crippen MR) is 111 cm³/mol. The Morgan fingerprint density at radius 1 is 1.27 bits per heavy atom. The highest BCUT2D eigenvalue weighted by atomic mass is 19.3. The summed E-state index contributed by atoms with van der Waals surface area (Å²) >= 11 is 0. The minimum Gasteiger partial charge on any atom is -0.415 e. The molecule has 0 saturated carbocycles. The molecule has 0 aliphatic carbocycles. The average Bonchev–Trinajstić information content (AvgIpc) is 3.21. The van der Waals surface area contributed by atoms with E-state index in [1.54, 1.807) is 28.9 Å². The number of halogens is 2. The van der Waals surface area contributed by atoms with Crippen molar-refractivity contribution in [2.24, 2.45) is 7.05 Å². The van der Waals surface area contributed by atoms with Gasteiger partial charge in [0.25, 0.3) is 5.91 Å². The number of fused-ring (bicyclic) bond motifs is 3. The highest BCUT2D eigenvalue weighted by molar-refractivity contribution is 6.09. The standard InChI is InChI=1S/C20H18F2N8O3/c1-29-17-10-6-13(24-8-14(10)26-18(23)11(17)7-25-29)19(31)30-4-5-32-9-15(30)12-2-3-16(28-27-12)33-20(21)22/h2-3,6-8,15,20H,4-5,9H2,1H3,(H2,23,26)/t15-/m1/s1. The zero-order valence-electron chi connectivity index (χ0n) is 17.4. The molecule has 2 N–H and O–H groups in total. The van der Waals surface area contributed by atoms with Crippen LogP contribution in [0.15, 0.2) is 30.6 Å². The van der Waals surface area contributed by atoms with Crippen LogP contribution < -0.4 is 10.5 Å². The topological polar surface area (TPSA) is 134 Å². The molecule has 0 aromatic carbocycles. The fraction of sp³-hybridized carbons (Fsp3) is 0.300. The number of nitrogens with zero attached hydrogens (tertiary/aromatic N) is 7. The number of hydrogen-bond acceptors (Lipinski definition) is 9. The van der Waals surface area contributed by atoms with Gasteiger partial charge in [0.2, 0.25) is 5.88 Å². The Kier molecular flexibility index (Phi) is 5.17. The Morgan fingerprint density at radius 2 is 2.12 bits per heavy atom. The number of anilines is 1. The lowest BCUT2D eigenvalue weighted by Crippen LogP contribution is -2.44. The van der Waals surface area contributed by atoms with Crippen molar-refractivity contribution < 1.29 is 23.0 Å². The summed E-state index contributed by atoms with van der Waals surface area (Å²) in [5.41, 5.74) is 7.90. The van der Waals surface area contributed by atoms with Crippen LogP contribution in [0.4, 0.5) is 14.6 Å². The maximum atomic E-state index is 13.4. The van der Waals surface area contributed by atoms with Crippen LogP contribution >= 0.6 is 0 Å². The third-order valence-corrected chi connectivity index (χ3v) is 5.41. The molecular formula is C20H18F2N8O3. The molecule has 0 radical (unpaired) electrons. The molecule has 33 heavy (non-hydrogen) atoms. The third-order valence-electron chi connectivity index (χ3n) is 5.41. The minimum atomic E-state index is -3.00. The molecule has 170 valence electrons. The molecule has 0 bridgehead atoms. The highest BCUT2D eigenvalue weighted by Gasteiger charge is 2.32. The smallest absolute Gasteiger partial charge is 0.388 e. The number of nitrogens with two attached hydrogens (primary N) is 1. The van der Waals surface area contributed by atoms with Gasteiger partial charge in [-0.1, -0.05) is 0 Å². The van der Waals surface area contributed by atoms with Crippen molar-refractivity contribution in [3.05, 3.63) is 42.0 Å². The Labute approximate surface area is 185 Å². The molecule has 0 spiro atoms. The van der Waals surface area contributed by atoms with Gasteiger partial charge >= 0.3 is 6.61 Å². The largest absolute Gasteiger partial charge is 0.415 e. The summed E-state index contributed by atoms with van der Waals surface area (Å²) in [7, 11) is 1.78. The quantitative estimate of drug-likeness (QED) is 0.487. The number of aromatic nitrogens is 6. The summed E-state index contributed by atoms with van der Waals surface area (Å²) in [4.78, 5) is 23.7. The van der Waals surface area contributed by atoms with Crippen LogP contribution in [0.5, 0.6) is 5.88 Å². The van der Waals surface area contributed by atoms with Gasteiger partial charge < -0.3 is 20.1 Å². The van der Waals surface area contributed by atoms with Gasteiger partial charge in [-0.15, -0.1) is 10.2 Å². The lowest BCUT2D eigenvalue weighted by Gasteiger charge is -2.34. The molecule has 1 saturated heterocycles. The maximum Gasteiger partial charge on any atom is 0.388 e. The van der Waals surface area contributed by atoms with E-state index < -0.39 is 12.7 Å². The first-order valence-electron chi connectivity index (χ1n) is 9.96. The van der Waals surface area contributed by atoms with Gasteiger partial charge in [-0.2, -0.15) is 13.9 Å². The van der Waals surface area contributed by atoms with E-state index >= 15 is 0 Å². The maximum absolute atomic E-state index is 13.4. The number of nitrogen functional groups attached to an aromatic ring is 1. The van der Waals surface area contributed by atoms with E-state index in [1.807, 2.05) is 0 Å². The van der Waals surface area contributed by atoms with Gasteiger partial charge in [-0.3, -0.25) is 9.48 Å². The normalized spacial score (nSPS) is 16.6. The highest BCUT2D eigenvalue weighted by Crippen LogP contribution is 2.29. The number of pyridine rings is 2. The van der Waals surface area contributed by atoms with Crippen LogP contribution in [-0.4, -0.2) is 67.1 Å². The zero-order chi connectivity index (χ0) is 23.1. The molecular weight excluding hydrogens is 438 g/mol. The summed E-state index contributed by atoms with van der Waals surface area (Å²) < 4.78 is 36.2. The van der Waals surface area contributed by atoms with Gasteiger partial charge in [-0.25, -0.2) is 9.97 Å². The van der Waals surface area contributed by atoms with Crippen LogP contribution in [0.2, 0.25) is 0 Å². The number of carbonyl (C=O) groups is 1. The van der Waals surface area contributed by atoms with Gasteiger partial charge in [0.05, 0.1) is 53.8 Å². The monoisotopic (exact) mass is 456 g/mol. The minimum absolute atomic E-state index is 0.174. The predicted octanol–water partition coefficient (Wildman–Crippen LogP) is 1.70. The van der Waals surface area contributed by atoms with E-state index in [-0.39, 0.29) is 24.1 Å². The van der Waals surface area contributed by atoms with Crippen molar-refractivity contribution in [1.29, 1.82) is 0 Å². The van der Waals surface area contributed by atoms with Gasteiger partial charge in [0, 0.05) is 25.0 Å². The van der Waals surface area contributed by atoms with Gasteiger partial charge in [0.15, 0.2) is 0 Å². The van der Waals surface area contributed by atoms with Crippen LogP contribution in [0, 0.1) is 0 Å². The Morgan fingerprint density at radius 3 is 2.88 bits per heavy atom. The fourth-order valence-corrected chi connectivity index (χ4v) is 3.88. The summed E-state index contributed by atoms with van der Waals surface area (Å²) in [6, 6.07) is 3.84. The molecule has 5 rings (SSSR count). The Bertz CT molecular complexity index is 1340. The second-order valence-corrected chi connectivity index (χ2v) is 7.38. The molecule has 5 heterocycles. The van der Waals surface area contributed by atoms with Crippen LogP contribution in [0.3, 0.4) is 0 Å². The van der Waals surface area contributed by atoms with Crippen molar-refractivity contribution in [3.8, 4) is 5.88 Å². The fourth-order valence-electron chi connectivity index (χ4n) is 3.88. The van der Waals surface area contributed by atoms with E-state index in [0.717, 1.165) is 5.52 Å². The first-order chi connectivity index (χ1) is 15.9. The number of aryl methyl sites for hydroxylation is 1. The number of morpholine rings is 1. The Hall–Kier alpha value is -4.00. The van der Waals surface area contributed by atoms with E-state index in [0.29, 0.717) is 41.0 Å². The van der Waals surface area contributed by atoms with E-state index in [1.165, 1.54) is 18.3 Å². The second-order valence-electron chi connectivity index (χ2n) is 7.38. The van der Waals surface area contributed by atoms with Crippen molar-refractivity contribution in [1.82, 2.24) is 34.8 Å². The Balaban J connectivity index is 1.50. The number of carbonyl (C=O) groups excluding carboxylic acids is 1. The lowest BCUT2D eigenvalue weighted by atomic mass is 10.1. The van der Waals surface area contributed by atoms with Crippen molar-refractivity contribution in [3.63, 3.8) is 0 Å². The molecule has 11 nitrogen and oxygen atoms in total. The van der Waals surface area contributed by atoms with Gasteiger partial charge in [-0.05, 0) is 12.1 Å². The van der Waals surface area contributed by atoms with Crippen molar-refractivity contribution in [2.45, 2.75) is 12.7 Å². The summed E-state index contributed by atoms with van der Waals surface area (Å²) in [5, 5.41) is 13.2.